The first-order valence-electron chi connectivity index (χ1n) is 5.64. The van der Waals surface area contributed by atoms with Gasteiger partial charge in [-0.2, -0.15) is 0 Å². The summed E-state index contributed by atoms with van der Waals surface area (Å²) in [6.07, 6.45) is 0. The van der Waals surface area contributed by atoms with Gasteiger partial charge in [-0.3, -0.25) is 9.59 Å². The van der Waals surface area contributed by atoms with Gasteiger partial charge in [0.15, 0.2) is 0 Å². The normalized spacial score (nSPS) is 17.2. The molecule has 4 heteroatoms. The Morgan fingerprint density at radius 2 is 1.75 bits per heavy atom. The second-order valence-corrected chi connectivity index (χ2v) is 4.83. The molecular weight excluding hydrogens is 204 g/mol. The summed E-state index contributed by atoms with van der Waals surface area (Å²) in [5, 5.41) is 0. The highest BCUT2D eigenvalue weighted by molar-refractivity contribution is 6.35. The fraction of sp³-hybridized carbons (Fsp3) is 0.667. The Morgan fingerprint density at radius 3 is 2.25 bits per heavy atom. The lowest BCUT2D eigenvalue weighted by atomic mass is 10.1. The van der Waals surface area contributed by atoms with E-state index in [1.54, 1.807) is 9.80 Å². The minimum atomic E-state index is -0.394. The fourth-order valence-electron chi connectivity index (χ4n) is 1.81. The van der Waals surface area contributed by atoms with Gasteiger partial charge in [-0.1, -0.05) is 26.0 Å². The maximum atomic E-state index is 11.8. The van der Waals surface area contributed by atoms with Crippen LogP contribution in [0.25, 0.3) is 0 Å². The second kappa shape index (κ2) is 5.14. The first-order valence-corrected chi connectivity index (χ1v) is 5.64. The monoisotopic (exact) mass is 224 g/mol. The lowest BCUT2D eigenvalue weighted by molar-refractivity contribution is -0.156. The summed E-state index contributed by atoms with van der Waals surface area (Å²) in [4.78, 5) is 26.7. The molecule has 1 fully saturated rings. The quantitative estimate of drug-likeness (QED) is 0.525. The van der Waals surface area contributed by atoms with Crippen molar-refractivity contribution in [1.82, 2.24) is 9.80 Å². The third kappa shape index (κ3) is 3.08. The first-order chi connectivity index (χ1) is 7.41. The standard InChI is InChI=1S/C12H20N2O2/c1-9(2)7-13-5-6-14(8-10(3)4)12(16)11(13)15/h10H,1,5-8H2,2-4H3. The van der Waals surface area contributed by atoms with Crippen LogP contribution in [0.4, 0.5) is 0 Å². The first kappa shape index (κ1) is 12.7. The van der Waals surface area contributed by atoms with Crippen molar-refractivity contribution in [3.8, 4) is 0 Å². The lowest BCUT2D eigenvalue weighted by Crippen LogP contribution is -2.55. The zero-order valence-corrected chi connectivity index (χ0v) is 10.3. The molecule has 90 valence electrons. The molecule has 0 radical (unpaired) electrons. The molecule has 1 saturated heterocycles. The zero-order valence-electron chi connectivity index (χ0n) is 10.3. The molecule has 0 aromatic rings. The highest BCUT2D eigenvalue weighted by Crippen LogP contribution is 2.09. The van der Waals surface area contributed by atoms with Gasteiger partial charge in [-0.25, -0.2) is 0 Å². The molecule has 1 heterocycles. The van der Waals surface area contributed by atoms with Gasteiger partial charge in [-0.05, 0) is 12.8 Å². The largest absolute Gasteiger partial charge is 0.332 e. The fourth-order valence-corrected chi connectivity index (χ4v) is 1.81. The summed E-state index contributed by atoms with van der Waals surface area (Å²) in [5.41, 5.74) is 0.901. The van der Waals surface area contributed by atoms with Gasteiger partial charge in [0.2, 0.25) is 0 Å². The van der Waals surface area contributed by atoms with Crippen molar-refractivity contribution < 1.29 is 9.59 Å². The Hall–Kier alpha value is -1.32. The average molecular weight is 224 g/mol. The summed E-state index contributed by atoms with van der Waals surface area (Å²) in [6, 6.07) is 0. The van der Waals surface area contributed by atoms with E-state index in [2.05, 4.69) is 6.58 Å². The van der Waals surface area contributed by atoms with Crippen molar-refractivity contribution in [3.63, 3.8) is 0 Å². The molecule has 0 unspecified atom stereocenters. The molecule has 0 bridgehead atoms. The van der Waals surface area contributed by atoms with Crippen LogP contribution >= 0.6 is 0 Å². The van der Waals surface area contributed by atoms with Gasteiger partial charge >= 0.3 is 11.8 Å². The Bertz CT molecular complexity index is 310. The van der Waals surface area contributed by atoms with Crippen LogP contribution in [-0.2, 0) is 9.59 Å². The van der Waals surface area contributed by atoms with Gasteiger partial charge in [0.25, 0.3) is 0 Å². The van der Waals surface area contributed by atoms with Crippen LogP contribution in [0, 0.1) is 5.92 Å². The minimum absolute atomic E-state index is 0.374. The van der Waals surface area contributed by atoms with E-state index in [9.17, 15) is 9.59 Å². The third-order valence-corrected chi connectivity index (χ3v) is 2.44. The molecule has 1 rings (SSSR count). The molecule has 4 nitrogen and oxygen atoms in total. The molecule has 0 atom stereocenters. The molecule has 16 heavy (non-hydrogen) atoms. The number of piperazine rings is 1. The highest BCUT2D eigenvalue weighted by Gasteiger charge is 2.32. The average Bonchev–Trinajstić information content (AvgIpc) is 2.16. The Labute approximate surface area is 96.9 Å². The molecule has 0 N–H and O–H groups in total. The molecular formula is C12H20N2O2. The Balaban J connectivity index is 2.61. The molecule has 0 spiro atoms. The van der Waals surface area contributed by atoms with Crippen LogP contribution in [0.1, 0.15) is 20.8 Å². The van der Waals surface area contributed by atoms with E-state index in [1.165, 1.54) is 0 Å². The number of carbonyl (C=O) groups excluding carboxylic acids is 2. The molecule has 1 aliphatic heterocycles. The van der Waals surface area contributed by atoms with Crippen LogP contribution in [0.2, 0.25) is 0 Å². The number of carbonyl (C=O) groups is 2. The topological polar surface area (TPSA) is 40.6 Å². The van der Waals surface area contributed by atoms with Gasteiger partial charge < -0.3 is 9.80 Å². The zero-order chi connectivity index (χ0) is 12.3. The van der Waals surface area contributed by atoms with E-state index in [1.807, 2.05) is 20.8 Å². The predicted molar refractivity (Wildman–Crippen MR) is 62.8 cm³/mol. The van der Waals surface area contributed by atoms with E-state index < -0.39 is 5.91 Å². The Morgan fingerprint density at radius 1 is 1.25 bits per heavy atom. The van der Waals surface area contributed by atoms with Gasteiger partial charge in [0.05, 0.1) is 0 Å². The molecule has 0 aromatic carbocycles. The lowest BCUT2D eigenvalue weighted by Gasteiger charge is -2.34. The highest BCUT2D eigenvalue weighted by atomic mass is 16.2. The van der Waals surface area contributed by atoms with Gasteiger partial charge in [0.1, 0.15) is 0 Å². The van der Waals surface area contributed by atoms with Crippen LogP contribution in [0.3, 0.4) is 0 Å². The SMILES string of the molecule is C=C(C)CN1CCN(CC(C)C)C(=O)C1=O. The molecule has 0 saturated carbocycles. The van der Waals surface area contributed by atoms with Crippen LogP contribution < -0.4 is 0 Å². The smallest absolute Gasteiger partial charge is 0.312 e. The predicted octanol–water partition coefficient (Wildman–Crippen LogP) is 0.889. The maximum absolute atomic E-state index is 11.8. The maximum Gasteiger partial charge on any atom is 0.312 e. The summed E-state index contributed by atoms with van der Waals surface area (Å²) >= 11 is 0. The van der Waals surface area contributed by atoms with E-state index in [0.717, 1.165) is 5.57 Å². The minimum Gasteiger partial charge on any atom is -0.332 e. The number of hydrogen-bond acceptors (Lipinski definition) is 2. The summed E-state index contributed by atoms with van der Waals surface area (Å²) in [7, 11) is 0. The van der Waals surface area contributed by atoms with E-state index >= 15 is 0 Å². The number of hydrogen-bond donors (Lipinski definition) is 0. The van der Waals surface area contributed by atoms with Gasteiger partial charge in [-0.15, -0.1) is 0 Å². The Kier molecular flexibility index (Phi) is 4.10. The van der Waals surface area contributed by atoms with Crippen LogP contribution in [-0.4, -0.2) is 47.8 Å². The van der Waals surface area contributed by atoms with Crippen molar-refractivity contribution in [2.45, 2.75) is 20.8 Å². The third-order valence-electron chi connectivity index (χ3n) is 2.44. The number of nitrogens with zero attached hydrogens (tertiary/aromatic N) is 2. The van der Waals surface area contributed by atoms with Crippen molar-refractivity contribution >= 4 is 11.8 Å². The van der Waals surface area contributed by atoms with Crippen molar-refractivity contribution in [3.05, 3.63) is 12.2 Å². The van der Waals surface area contributed by atoms with Gasteiger partial charge in [0, 0.05) is 26.2 Å². The second-order valence-electron chi connectivity index (χ2n) is 4.83. The molecule has 0 aromatic heterocycles. The van der Waals surface area contributed by atoms with E-state index in [4.69, 9.17) is 0 Å². The number of amides is 2. The van der Waals surface area contributed by atoms with Crippen molar-refractivity contribution in [2.24, 2.45) is 5.92 Å². The molecule has 1 aliphatic rings. The summed E-state index contributed by atoms with van der Waals surface area (Å²) in [6.45, 7) is 12.1. The van der Waals surface area contributed by atoms with Crippen LogP contribution in [0.15, 0.2) is 12.2 Å². The molecule has 0 aliphatic carbocycles. The van der Waals surface area contributed by atoms with E-state index in [0.29, 0.717) is 32.1 Å². The van der Waals surface area contributed by atoms with E-state index in [-0.39, 0.29) is 5.91 Å². The van der Waals surface area contributed by atoms with Crippen molar-refractivity contribution in [1.29, 1.82) is 0 Å². The van der Waals surface area contributed by atoms with Crippen molar-refractivity contribution in [2.75, 3.05) is 26.2 Å². The van der Waals surface area contributed by atoms with Crippen LogP contribution in [0.5, 0.6) is 0 Å². The number of rotatable bonds is 4. The molecule has 2 amide bonds. The summed E-state index contributed by atoms with van der Waals surface area (Å²) < 4.78 is 0. The summed E-state index contributed by atoms with van der Waals surface area (Å²) in [5.74, 6) is -0.374.